The fraction of sp³-hybridized carbons (Fsp3) is 0.538. The number of benzene rings is 1. The van der Waals surface area contributed by atoms with E-state index in [9.17, 15) is 9.59 Å². The van der Waals surface area contributed by atoms with Crippen molar-refractivity contribution >= 4 is 11.9 Å². The lowest BCUT2D eigenvalue weighted by molar-refractivity contribution is -0.136. The van der Waals surface area contributed by atoms with E-state index >= 15 is 0 Å². The Morgan fingerprint density at radius 1 is 1.31 bits per heavy atom. The highest BCUT2D eigenvalue weighted by molar-refractivity contribution is 5.93. The molecular formula is C26H36O6. The van der Waals surface area contributed by atoms with Crippen LogP contribution in [0.1, 0.15) is 60.5 Å². The summed E-state index contributed by atoms with van der Waals surface area (Å²) in [6.45, 7) is 7.96. The quantitative estimate of drug-likeness (QED) is 0.245. The van der Waals surface area contributed by atoms with E-state index in [1.807, 2.05) is 25.1 Å². The van der Waals surface area contributed by atoms with E-state index in [1.54, 1.807) is 13.2 Å². The first-order chi connectivity index (χ1) is 15.5. The van der Waals surface area contributed by atoms with Crippen LogP contribution in [0.3, 0.4) is 0 Å². The van der Waals surface area contributed by atoms with Crippen LogP contribution in [0.25, 0.3) is 0 Å². The number of aryl methyl sites for hydroxylation is 2. The molecule has 0 bridgehead atoms. The smallest absolute Gasteiger partial charge is 0.338 e. The number of fused-ring (bicyclic) bond motifs is 1. The molecule has 0 amide bonds. The molecule has 2 rings (SSSR count). The Hall–Kier alpha value is -2.44. The average molecular weight is 445 g/mol. The lowest BCUT2D eigenvalue weighted by Crippen LogP contribution is -2.31. The van der Waals surface area contributed by atoms with Crippen molar-refractivity contribution in [2.45, 2.75) is 64.6 Å². The van der Waals surface area contributed by atoms with Crippen LogP contribution < -0.4 is 0 Å². The van der Waals surface area contributed by atoms with Crippen LogP contribution in [0.4, 0.5) is 0 Å². The third kappa shape index (κ3) is 8.24. The Bertz CT molecular complexity index is 785. The maximum absolute atomic E-state index is 13.2. The zero-order valence-electron chi connectivity index (χ0n) is 19.5. The van der Waals surface area contributed by atoms with Crippen LogP contribution >= 0.6 is 0 Å². The predicted octanol–water partition coefficient (Wildman–Crippen LogP) is 4.94. The number of hydrogen-bond acceptors (Lipinski definition) is 6. The van der Waals surface area contributed by atoms with E-state index in [0.29, 0.717) is 18.4 Å². The van der Waals surface area contributed by atoms with Crippen LogP contribution in [-0.4, -0.2) is 44.7 Å². The summed E-state index contributed by atoms with van der Waals surface area (Å²) in [5.74, 6) is -0.500. The highest BCUT2D eigenvalue weighted by Gasteiger charge is 2.27. The predicted molar refractivity (Wildman–Crippen MR) is 123 cm³/mol. The average Bonchev–Trinajstić information content (AvgIpc) is 2.76. The van der Waals surface area contributed by atoms with Crippen LogP contribution in [0.2, 0.25) is 0 Å². The van der Waals surface area contributed by atoms with E-state index in [0.717, 1.165) is 36.8 Å². The SMILES string of the molecule is C=CCOC(=O)/C=C/CC1C[C@@H](OCOC)[C@@H](C)CCCCc2cccc(C)c2C(=O)O1. The van der Waals surface area contributed by atoms with Gasteiger partial charge in [-0.1, -0.05) is 50.3 Å². The molecular weight excluding hydrogens is 408 g/mol. The van der Waals surface area contributed by atoms with Gasteiger partial charge >= 0.3 is 11.9 Å². The van der Waals surface area contributed by atoms with Gasteiger partial charge in [0.05, 0.1) is 11.7 Å². The summed E-state index contributed by atoms with van der Waals surface area (Å²) in [6.07, 6.45) is 8.81. The molecule has 0 aromatic heterocycles. The minimum absolute atomic E-state index is 0.121. The largest absolute Gasteiger partial charge is 0.458 e. The molecule has 1 unspecified atom stereocenters. The molecule has 6 nitrogen and oxygen atoms in total. The zero-order valence-corrected chi connectivity index (χ0v) is 19.5. The number of methoxy groups -OCH3 is 1. The number of hydrogen-bond donors (Lipinski definition) is 0. The van der Waals surface area contributed by atoms with E-state index in [1.165, 1.54) is 12.2 Å². The summed E-state index contributed by atoms with van der Waals surface area (Å²) in [5, 5.41) is 0. The van der Waals surface area contributed by atoms with Gasteiger partial charge in [0.25, 0.3) is 0 Å². The molecule has 1 aliphatic heterocycles. The molecule has 0 spiro atoms. The second-order valence-corrected chi connectivity index (χ2v) is 8.26. The number of ether oxygens (including phenoxy) is 4. The first-order valence-corrected chi connectivity index (χ1v) is 11.3. The molecule has 32 heavy (non-hydrogen) atoms. The monoisotopic (exact) mass is 444 g/mol. The summed E-state index contributed by atoms with van der Waals surface area (Å²) < 4.78 is 22.0. The Labute approximate surface area is 191 Å². The van der Waals surface area contributed by atoms with Gasteiger partial charge in [0.1, 0.15) is 19.5 Å². The molecule has 176 valence electrons. The fourth-order valence-corrected chi connectivity index (χ4v) is 3.98. The van der Waals surface area contributed by atoms with Crippen molar-refractivity contribution in [3.05, 3.63) is 59.7 Å². The van der Waals surface area contributed by atoms with Crippen molar-refractivity contribution in [2.75, 3.05) is 20.5 Å². The van der Waals surface area contributed by atoms with Crippen molar-refractivity contribution in [1.29, 1.82) is 0 Å². The lowest BCUT2D eigenvalue weighted by atomic mass is 9.90. The minimum Gasteiger partial charge on any atom is -0.458 e. The molecule has 0 aliphatic carbocycles. The van der Waals surface area contributed by atoms with Gasteiger partial charge in [0.15, 0.2) is 0 Å². The molecule has 1 heterocycles. The Morgan fingerprint density at radius 3 is 2.88 bits per heavy atom. The molecule has 3 atom stereocenters. The third-order valence-corrected chi connectivity index (χ3v) is 5.72. The summed E-state index contributed by atoms with van der Waals surface area (Å²) >= 11 is 0. The molecule has 0 saturated heterocycles. The number of carbonyl (C=O) groups excluding carboxylic acids is 2. The van der Waals surface area contributed by atoms with Crippen molar-refractivity contribution < 1.29 is 28.5 Å². The van der Waals surface area contributed by atoms with Gasteiger partial charge in [-0.15, -0.1) is 0 Å². The third-order valence-electron chi connectivity index (χ3n) is 5.72. The Kier molecular flexibility index (Phi) is 11.2. The maximum atomic E-state index is 13.2. The summed E-state index contributed by atoms with van der Waals surface area (Å²) in [6, 6.07) is 5.93. The molecule has 0 fully saturated rings. The first-order valence-electron chi connectivity index (χ1n) is 11.3. The molecule has 0 N–H and O–H groups in total. The first kappa shape index (κ1) is 25.8. The standard InChI is InChI=1S/C26H36O6/c1-5-16-30-24(27)15-9-14-22-17-23(31-18-29-4)19(2)10-6-7-12-21-13-8-11-20(3)25(21)26(28)32-22/h5,8-9,11,13,15,19,22-23H,1,6-7,10,12,14,16-18H2,2-4H3/b15-9+/t19-,22?,23+/m0/s1. The molecule has 6 heteroatoms. The highest BCUT2D eigenvalue weighted by Crippen LogP contribution is 2.26. The zero-order chi connectivity index (χ0) is 23.3. The Balaban J connectivity index is 2.25. The van der Waals surface area contributed by atoms with Crippen molar-refractivity contribution in [1.82, 2.24) is 0 Å². The van der Waals surface area contributed by atoms with Crippen LogP contribution in [0.15, 0.2) is 43.0 Å². The number of cyclic esters (lactones) is 1. The van der Waals surface area contributed by atoms with Gasteiger partial charge in [-0.2, -0.15) is 0 Å². The lowest BCUT2D eigenvalue weighted by Gasteiger charge is -2.29. The van der Waals surface area contributed by atoms with Gasteiger partial charge in [-0.3, -0.25) is 0 Å². The number of esters is 2. The topological polar surface area (TPSA) is 71.1 Å². The second kappa shape index (κ2) is 13.9. The van der Waals surface area contributed by atoms with Crippen LogP contribution in [-0.2, 0) is 30.2 Å². The molecule has 1 aromatic rings. The molecule has 0 radical (unpaired) electrons. The maximum Gasteiger partial charge on any atom is 0.338 e. The van der Waals surface area contributed by atoms with Gasteiger partial charge in [0.2, 0.25) is 0 Å². The fourth-order valence-electron chi connectivity index (χ4n) is 3.98. The van der Waals surface area contributed by atoms with E-state index < -0.39 is 12.1 Å². The van der Waals surface area contributed by atoms with Gasteiger partial charge in [-0.25, -0.2) is 9.59 Å². The van der Waals surface area contributed by atoms with Crippen LogP contribution in [0, 0.1) is 12.8 Å². The second-order valence-electron chi connectivity index (χ2n) is 8.26. The van der Waals surface area contributed by atoms with Crippen LogP contribution in [0.5, 0.6) is 0 Å². The van der Waals surface area contributed by atoms with E-state index in [2.05, 4.69) is 13.5 Å². The highest BCUT2D eigenvalue weighted by atomic mass is 16.7. The van der Waals surface area contributed by atoms with Gasteiger partial charge in [-0.05, 0) is 43.2 Å². The van der Waals surface area contributed by atoms with E-state index in [4.69, 9.17) is 18.9 Å². The van der Waals surface area contributed by atoms with Crippen molar-refractivity contribution in [3.63, 3.8) is 0 Å². The molecule has 1 aromatic carbocycles. The van der Waals surface area contributed by atoms with Gasteiger partial charge in [0, 0.05) is 26.0 Å². The van der Waals surface area contributed by atoms with Crippen molar-refractivity contribution in [3.8, 4) is 0 Å². The number of rotatable bonds is 8. The van der Waals surface area contributed by atoms with Gasteiger partial charge < -0.3 is 18.9 Å². The summed E-state index contributed by atoms with van der Waals surface area (Å²) in [5.41, 5.74) is 2.58. The molecule has 1 aliphatic rings. The number of carbonyl (C=O) groups is 2. The van der Waals surface area contributed by atoms with E-state index in [-0.39, 0.29) is 31.4 Å². The van der Waals surface area contributed by atoms with Crippen molar-refractivity contribution in [2.24, 2.45) is 5.92 Å². The summed E-state index contributed by atoms with van der Waals surface area (Å²) in [4.78, 5) is 25.0. The molecule has 0 saturated carbocycles. The Morgan fingerprint density at radius 2 is 2.12 bits per heavy atom. The normalized spacial score (nSPS) is 22.3. The summed E-state index contributed by atoms with van der Waals surface area (Å²) in [7, 11) is 1.59. The minimum atomic E-state index is -0.453.